The van der Waals surface area contributed by atoms with Crippen molar-refractivity contribution in [1.29, 1.82) is 0 Å². The molecule has 8 nitrogen and oxygen atoms in total. The SMILES string of the molecule is O=c1ccn(COCCCS(=O)(=O)NCc2cccc(SCC3CC3)c2)c(=O)[nH]1. The first-order chi connectivity index (χ1) is 13.9. The molecule has 3 rings (SSSR count). The Morgan fingerprint density at radius 1 is 1.24 bits per heavy atom. The van der Waals surface area contributed by atoms with Crippen LogP contribution in [-0.2, 0) is 28.0 Å². The van der Waals surface area contributed by atoms with Crippen LogP contribution in [0.1, 0.15) is 24.8 Å². The lowest BCUT2D eigenvalue weighted by molar-refractivity contribution is 0.0744. The van der Waals surface area contributed by atoms with Gasteiger partial charge in [0.15, 0.2) is 0 Å². The molecule has 1 heterocycles. The normalized spacial score (nSPS) is 14.2. The molecule has 0 amide bonds. The van der Waals surface area contributed by atoms with Crippen LogP contribution < -0.4 is 16.0 Å². The predicted molar refractivity (Wildman–Crippen MR) is 112 cm³/mol. The van der Waals surface area contributed by atoms with Crippen LogP contribution in [0.25, 0.3) is 0 Å². The van der Waals surface area contributed by atoms with Crippen LogP contribution in [0, 0.1) is 5.92 Å². The largest absolute Gasteiger partial charge is 0.361 e. The summed E-state index contributed by atoms with van der Waals surface area (Å²) < 4.78 is 33.5. The van der Waals surface area contributed by atoms with E-state index < -0.39 is 21.3 Å². The minimum absolute atomic E-state index is 0.0472. The molecule has 1 aromatic carbocycles. The van der Waals surface area contributed by atoms with Gasteiger partial charge >= 0.3 is 5.69 Å². The van der Waals surface area contributed by atoms with E-state index in [9.17, 15) is 18.0 Å². The van der Waals surface area contributed by atoms with Gasteiger partial charge in [0.1, 0.15) is 6.73 Å². The predicted octanol–water partition coefficient (Wildman–Crippen LogP) is 1.52. The fraction of sp³-hybridized carbons (Fsp3) is 0.474. The average molecular weight is 440 g/mol. The summed E-state index contributed by atoms with van der Waals surface area (Å²) in [6, 6.07) is 9.16. The molecule has 0 unspecified atom stereocenters. The van der Waals surface area contributed by atoms with Crippen molar-refractivity contribution in [3.8, 4) is 0 Å². The highest BCUT2D eigenvalue weighted by Crippen LogP contribution is 2.35. The van der Waals surface area contributed by atoms with E-state index >= 15 is 0 Å². The van der Waals surface area contributed by atoms with Crippen LogP contribution in [0.3, 0.4) is 0 Å². The number of rotatable bonds is 12. The molecule has 2 N–H and O–H groups in total. The third kappa shape index (κ3) is 7.81. The Bertz CT molecular complexity index is 1030. The number of ether oxygens (including phenoxy) is 1. The molecular weight excluding hydrogens is 414 g/mol. The van der Waals surface area contributed by atoms with E-state index in [2.05, 4.69) is 15.8 Å². The molecule has 10 heteroatoms. The van der Waals surface area contributed by atoms with Crippen molar-refractivity contribution in [1.82, 2.24) is 14.3 Å². The summed E-state index contributed by atoms with van der Waals surface area (Å²) >= 11 is 1.82. The minimum Gasteiger partial charge on any atom is -0.361 e. The molecule has 1 aromatic heterocycles. The Morgan fingerprint density at radius 3 is 2.83 bits per heavy atom. The molecule has 0 saturated heterocycles. The van der Waals surface area contributed by atoms with Crippen molar-refractivity contribution < 1.29 is 13.2 Å². The third-order valence-corrected chi connectivity index (χ3v) is 7.04. The number of benzene rings is 1. The summed E-state index contributed by atoms with van der Waals surface area (Å²) in [5.41, 5.74) is -0.108. The number of sulfonamides is 1. The van der Waals surface area contributed by atoms with E-state index in [4.69, 9.17) is 4.74 Å². The van der Waals surface area contributed by atoms with Gasteiger partial charge in [0.05, 0.1) is 5.75 Å². The molecule has 0 atom stereocenters. The van der Waals surface area contributed by atoms with E-state index in [1.54, 1.807) is 0 Å². The first-order valence-electron chi connectivity index (χ1n) is 9.48. The molecular formula is C19H25N3O5S2. The number of nitrogens with zero attached hydrogens (tertiary/aromatic N) is 1. The fourth-order valence-corrected chi connectivity index (χ4v) is 4.77. The van der Waals surface area contributed by atoms with Crippen molar-refractivity contribution in [3.63, 3.8) is 0 Å². The molecule has 29 heavy (non-hydrogen) atoms. The van der Waals surface area contributed by atoms with E-state index in [0.717, 1.165) is 17.2 Å². The second-order valence-corrected chi connectivity index (χ2v) is 10.0. The summed E-state index contributed by atoms with van der Waals surface area (Å²) in [5, 5.41) is 0. The number of hydrogen-bond donors (Lipinski definition) is 2. The lowest BCUT2D eigenvalue weighted by Gasteiger charge is -2.09. The van der Waals surface area contributed by atoms with Crippen LogP contribution in [0.4, 0.5) is 0 Å². The maximum Gasteiger partial charge on any atom is 0.330 e. The first-order valence-corrected chi connectivity index (χ1v) is 12.1. The number of aromatic amines is 1. The summed E-state index contributed by atoms with van der Waals surface area (Å²) in [6.45, 7) is 0.391. The number of thioether (sulfide) groups is 1. The Hall–Kier alpha value is -1.88. The van der Waals surface area contributed by atoms with Crippen LogP contribution in [0.5, 0.6) is 0 Å². The quantitative estimate of drug-likeness (QED) is 0.383. The molecule has 1 saturated carbocycles. The third-order valence-electron chi connectivity index (χ3n) is 4.41. The smallest absolute Gasteiger partial charge is 0.330 e. The monoisotopic (exact) mass is 439 g/mol. The van der Waals surface area contributed by atoms with Gasteiger partial charge in [-0.2, -0.15) is 0 Å². The van der Waals surface area contributed by atoms with E-state index in [1.807, 2.05) is 30.0 Å². The Kier molecular flexibility index (Phi) is 7.70. The highest BCUT2D eigenvalue weighted by atomic mass is 32.2. The molecule has 1 aliphatic rings. The lowest BCUT2D eigenvalue weighted by Crippen LogP contribution is -2.29. The van der Waals surface area contributed by atoms with Crippen molar-refractivity contribution in [2.75, 3.05) is 18.1 Å². The number of H-pyrrole nitrogens is 1. The van der Waals surface area contributed by atoms with Gasteiger partial charge in [-0.1, -0.05) is 12.1 Å². The lowest BCUT2D eigenvalue weighted by atomic mass is 10.2. The van der Waals surface area contributed by atoms with Gasteiger partial charge in [-0.3, -0.25) is 14.3 Å². The molecule has 1 aliphatic carbocycles. The Morgan fingerprint density at radius 2 is 2.07 bits per heavy atom. The van der Waals surface area contributed by atoms with E-state index in [0.29, 0.717) is 6.42 Å². The minimum atomic E-state index is -3.42. The highest BCUT2D eigenvalue weighted by Gasteiger charge is 2.21. The zero-order valence-corrected chi connectivity index (χ0v) is 17.6. The van der Waals surface area contributed by atoms with Gasteiger partial charge < -0.3 is 4.74 Å². The van der Waals surface area contributed by atoms with Crippen molar-refractivity contribution in [2.24, 2.45) is 5.92 Å². The van der Waals surface area contributed by atoms with Crippen LogP contribution in [0.15, 0.2) is 51.0 Å². The molecule has 2 aromatic rings. The second kappa shape index (κ2) is 10.2. The zero-order valence-electron chi connectivity index (χ0n) is 16.0. The maximum absolute atomic E-state index is 12.2. The average Bonchev–Trinajstić information content (AvgIpc) is 3.51. The summed E-state index contributed by atoms with van der Waals surface area (Å²) in [6.07, 6.45) is 4.26. The topological polar surface area (TPSA) is 110 Å². The van der Waals surface area contributed by atoms with Crippen molar-refractivity contribution in [3.05, 3.63) is 62.9 Å². The molecule has 0 spiro atoms. The fourth-order valence-electron chi connectivity index (χ4n) is 2.57. The molecule has 0 bridgehead atoms. The van der Waals surface area contributed by atoms with Crippen molar-refractivity contribution in [2.45, 2.75) is 37.4 Å². The molecule has 1 fully saturated rings. The number of aromatic nitrogens is 2. The maximum atomic E-state index is 12.2. The Labute approximate surface area is 173 Å². The summed E-state index contributed by atoms with van der Waals surface area (Å²) in [5.74, 6) is 1.90. The van der Waals surface area contributed by atoms with Gasteiger partial charge in [0, 0.05) is 36.1 Å². The zero-order chi connectivity index (χ0) is 20.7. The number of hydrogen-bond acceptors (Lipinski definition) is 6. The van der Waals surface area contributed by atoms with Crippen LogP contribution in [0.2, 0.25) is 0 Å². The first kappa shape index (κ1) is 21.8. The standard InChI is InChI=1S/C19H25N3O5S2/c23-18-7-8-22(19(24)21-18)14-27-9-2-10-29(25,26)20-12-16-3-1-4-17(11-16)28-13-15-5-6-15/h1,3-4,7-8,11,15,20H,2,5-6,9-10,12-14H2,(H,21,23,24). The summed E-state index contributed by atoms with van der Waals surface area (Å²) in [4.78, 5) is 25.8. The van der Waals surface area contributed by atoms with E-state index in [1.165, 1.54) is 34.6 Å². The molecule has 158 valence electrons. The molecule has 0 radical (unpaired) electrons. The van der Waals surface area contributed by atoms with Gasteiger partial charge in [-0.15, -0.1) is 11.8 Å². The Balaban J connectivity index is 1.36. The van der Waals surface area contributed by atoms with Gasteiger partial charge in [-0.05, 0) is 42.9 Å². The summed E-state index contributed by atoms with van der Waals surface area (Å²) in [7, 11) is -3.42. The van der Waals surface area contributed by atoms with E-state index in [-0.39, 0.29) is 25.6 Å². The second-order valence-electron chi connectivity index (χ2n) is 7.01. The van der Waals surface area contributed by atoms with Crippen LogP contribution >= 0.6 is 11.8 Å². The molecule has 0 aliphatic heterocycles. The number of nitrogens with one attached hydrogen (secondary N) is 2. The van der Waals surface area contributed by atoms with Gasteiger partial charge in [-0.25, -0.2) is 17.9 Å². The van der Waals surface area contributed by atoms with Gasteiger partial charge in [0.2, 0.25) is 10.0 Å². The highest BCUT2D eigenvalue weighted by molar-refractivity contribution is 7.99. The van der Waals surface area contributed by atoms with Crippen molar-refractivity contribution >= 4 is 21.8 Å². The van der Waals surface area contributed by atoms with Crippen LogP contribution in [-0.4, -0.2) is 36.1 Å². The van der Waals surface area contributed by atoms with Gasteiger partial charge in [0.25, 0.3) is 5.56 Å².